The number of thiophene rings is 1. The van der Waals surface area contributed by atoms with Gasteiger partial charge in [-0.1, -0.05) is 0 Å². The molecule has 2 rings (SSSR count). The highest BCUT2D eigenvalue weighted by Gasteiger charge is 2.24. The summed E-state index contributed by atoms with van der Waals surface area (Å²) in [5.41, 5.74) is 0.102. The monoisotopic (exact) mass is 284 g/mol. The van der Waals surface area contributed by atoms with Crippen molar-refractivity contribution in [2.24, 2.45) is 0 Å². The second-order valence-corrected chi connectivity index (χ2v) is 5.32. The average molecular weight is 284 g/mol. The first-order valence-corrected chi connectivity index (χ1v) is 6.96. The van der Waals surface area contributed by atoms with Gasteiger partial charge in [-0.25, -0.2) is 9.59 Å². The van der Waals surface area contributed by atoms with E-state index in [0.29, 0.717) is 5.00 Å². The number of aromatic carboxylic acids is 1. The summed E-state index contributed by atoms with van der Waals surface area (Å²) in [6.07, 6.45) is 1.97. The van der Waals surface area contributed by atoms with Crippen molar-refractivity contribution in [3.05, 3.63) is 17.0 Å². The molecule has 0 saturated carbocycles. The summed E-state index contributed by atoms with van der Waals surface area (Å²) in [5, 5.41) is 16.2. The Balaban J connectivity index is 1.90. The summed E-state index contributed by atoms with van der Waals surface area (Å²) in [6, 6.07) is 0.954. The van der Waals surface area contributed by atoms with Crippen molar-refractivity contribution in [2.45, 2.75) is 31.9 Å². The average Bonchev–Trinajstić information content (AvgIpc) is 2.98. The Hall–Kier alpha value is -1.60. The SMILES string of the molecule is CC(NC(=O)Nc1sccc1C(=O)O)C1CCCO1. The normalized spacial score (nSPS) is 19.9. The van der Waals surface area contributed by atoms with Crippen molar-refractivity contribution in [2.75, 3.05) is 11.9 Å². The van der Waals surface area contributed by atoms with E-state index in [2.05, 4.69) is 10.6 Å². The molecule has 1 aromatic heterocycles. The highest BCUT2D eigenvalue weighted by atomic mass is 32.1. The van der Waals surface area contributed by atoms with Crippen LogP contribution in [0.1, 0.15) is 30.1 Å². The third-order valence-electron chi connectivity index (χ3n) is 3.00. The topological polar surface area (TPSA) is 87.7 Å². The summed E-state index contributed by atoms with van der Waals surface area (Å²) in [6.45, 7) is 2.61. The van der Waals surface area contributed by atoms with Crippen LogP contribution < -0.4 is 10.6 Å². The van der Waals surface area contributed by atoms with Gasteiger partial charge in [0, 0.05) is 6.61 Å². The number of carboxylic acids is 1. The number of carbonyl (C=O) groups excluding carboxylic acids is 1. The van der Waals surface area contributed by atoms with Gasteiger partial charge in [-0.2, -0.15) is 0 Å². The molecule has 1 fully saturated rings. The van der Waals surface area contributed by atoms with Gasteiger partial charge < -0.3 is 15.2 Å². The van der Waals surface area contributed by atoms with E-state index in [0.717, 1.165) is 19.4 Å². The zero-order valence-electron chi connectivity index (χ0n) is 10.5. The Labute approximate surface area is 114 Å². The van der Waals surface area contributed by atoms with Crippen LogP contribution in [0.2, 0.25) is 0 Å². The zero-order valence-corrected chi connectivity index (χ0v) is 11.3. The molecule has 19 heavy (non-hydrogen) atoms. The molecule has 1 saturated heterocycles. The highest BCUT2D eigenvalue weighted by molar-refractivity contribution is 7.14. The lowest BCUT2D eigenvalue weighted by molar-refractivity contribution is 0.0698. The molecule has 2 heterocycles. The van der Waals surface area contributed by atoms with Gasteiger partial charge in [0.2, 0.25) is 0 Å². The minimum absolute atomic E-state index is 0.0352. The van der Waals surface area contributed by atoms with Crippen LogP contribution in [0.25, 0.3) is 0 Å². The third-order valence-corrected chi connectivity index (χ3v) is 3.83. The Kier molecular flexibility index (Phi) is 4.39. The third kappa shape index (κ3) is 3.45. The van der Waals surface area contributed by atoms with Gasteiger partial charge in [0.15, 0.2) is 0 Å². The fourth-order valence-electron chi connectivity index (χ4n) is 2.01. The van der Waals surface area contributed by atoms with Gasteiger partial charge in [-0.05, 0) is 31.2 Å². The van der Waals surface area contributed by atoms with Gasteiger partial charge in [-0.15, -0.1) is 11.3 Å². The number of carboxylic acid groups (broad SMARTS) is 1. The van der Waals surface area contributed by atoms with Gasteiger partial charge >= 0.3 is 12.0 Å². The molecule has 2 unspecified atom stereocenters. The van der Waals surface area contributed by atoms with E-state index in [4.69, 9.17) is 9.84 Å². The van der Waals surface area contributed by atoms with Crippen molar-refractivity contribution in [3.8, 4) is 0 Å². The molecule has 0 aromatic carbocycles. The molecule has 2 atom stereocenters. The maximum Gasteiger partial charge on any atom is 0.338 e. The summed E-state index contributed by atoms with van der Waals surface area (Å²) >= 11 is 1.18. The predicted octanol–water partition coefficient (Wildman–Crippen LogP) is 2.14. The van der Waals surface area contributed by atoms with Crippen molar-refractivity contribution >= 4 is 28.3 Å². The molecule has 2 amide bonds. The lowest BCUT2D eigenvalue weighted by Gasteiger charge is -2.20. The minimum Gasteiger partial charge on any atom is -0.478 e. The molecule has 6 nitrogen and oxygen atoms in total. The van der Waals surface area contributed by atoms with E-state index >= 15 is 0 Å². The van der Waals surface area contributed by atoms with Crippen LogP contribution in [0.4, 0.5) is 9.80 Å². The maximum absolute atomic E-state index is 11.8. The Bertz CT molecular complexity index is 468. The number of nitrogens with one attached hydrogen (secondary N) is 2. The van der Waals surface area contributed by atoms with E-state index in [-0.39, 0.29) is 17.7 Å². The number of hydrogen-bond donors (Lipinski definition) is 3. The molecule has 104 valence electrons. The summed E-state index contributed by atoms with van der Waals surface area (Å²) in [7, 11) is 0. The lowest BCUT2D eigenvalue weighted by atomic mass is 10.1. The molecule has 3 N–H and O–H groups in total. The minimum atomic E-state index is -1.05. The molecule has 0 bridgehead atoms. The first-order chi connectivity index (χ1) is 9.08. The molecule has 1 aliphatic rings. The number of amides is 2. The molecule has 0 radical (unpaired) electrons. The molecule has 0 aliphatic carbocycles. The van der Waals surface area contributed by atoms with Crippen LogP contribution in [0.3, 0.4) is 0 Å². The van der Waals surface area contributed by atoms with Crippen LogP contribution in [0.15, 0.2) is 11.4 Å². The van der Waals surface area contributed by atoms with Crippen molar-refractivity contribution < 1.29 is 19.4 Å². The molecule has 7 heteroatoms. The Morgan fingerprint density at radius 3 is 3.00 bits per heavy atom. The number of ether oxygens (including phenoxy) is 1. The van der Waals surface area contributed by atoms with Crippen LogP contribution >= 0.6 is 11.3 Å². The van der Waals surface area contributed by atoms with Gasteiger partial charge in [-0.3, -0.25) is 5.32 Å². The summed E-state index contributed by atoms with van der Waals surface area (Å²) < 4.78 is 5.48. The molecular weight excluding hydrogens is 268 g/mol. The number of hydrogen-bond acceptors (Lipinski definition) is 4. The first kappa shape index (κ1) is 13.8. The van der Waals surface area contributed by atoms with E-state index in [1.807, 2.05) is 6.92 Å². The summed E-state index contributed by atoms with van der Waals surface area (Å²) in [4.78, 5) is 22.7. The van der Waals surface area contributed by atoms with E-state index in [1.165, 1.54) is 17.4 Å². The second kappa shape index (κ2) is 6.03. The summed E-state index contributed by atoms with van der Waals surface area (Å²) in [5.74, 6) is -1.05. The zero-order chi connectivity index (χ0) is 13.8. The molecular formula is C12H16N2O4S. The highest BCUT2D eigenvalue weighted by Crippen LogP contribution is 2.23. The van der Waals surface area contributed by atoms with Gasteiger partial charge in [0.25, 0.3) is 0 Å². The second-order valence-electron chi connectivity index (χ2n) is 4.41. The first-order valence-electron chi connectivity index (χ1n) is 6.08. The van der Waals surface area contributed by atoms with Crippen LogP contribution in [0.5, 0.6) is 0 Å². The predicted molar refractivity (Wildman–Crippen MR) is 71.9 cm³/mol. The van der Waals surface area contributed by atoms with E-state index in [9.17, 15) is 9.59 Å². The molecule has 0 spiro atoms. The largest absolute Gasteiger partial charge is 0.478 e. The maximum atomic E-state index is 11.8. The Morgan fingerprint density at radius 2 is 2.37 bits per heavy atom. The van der Waals surface area contributed by atoms with Crippen LogP contribution in [-0.2, 0) is 4.74 Å². The van der Waals surface area contributed by atoms with Crippen molar-refractivity contribution in [1.29, 1.82) is 0 Å². The van der Waals surface area contributed by atoms with Crippen LogP contribution in [0, 0.1) is 0 Å². The van der Waals surface area contributed by atoms with Gasteiger partial charge in [0.1, 0.15) is 5.00 Å². The smallest absolute Gasteiger partial charge is 0.338 e. The van der Waals surface area contributed by atoms with Gasteiger partial charge in [0.05, 0.1) is 17.7 Å². The Morgan fingerprint density at radius 1 is 1.58 bits per heavy atom. The molecule has 1 aliphatic heterocycles. The number of carbonyl (C=O) groups is 2. The quantitative estimate of drug-likeness (QED) is 0.790. The van der Waals surface area contributed by atoms with E-state index in [1.54, 1.807) is 5.38 Å². The van der Waals surface area contributed by atoms with Crippen molar-refractivity contribution in [1.82, 2.24) is 5.32 Å². The standard InChI is InChI=1S/C12H16N2O4S/c1-7(9-3-2-5-18-9)13-12(17)14-10-8(11(15)16)4-6-19-10/h4,6-7,9H,2-3,5H2,1H3,(H,15,16)(H2,13,14,17). The number of rotatable bonds is 4. The number of anilines is 1. The fourth-order valence-corrected chi connectivity index (χ4v) is 2.78. The van der Waals surface area contributed by atoms with Crippen LogP contribution in [-0.4, -0.2) is 35.9 Å². The number of urea groups is 1. The van der Waals surface area contributed by atoms with Crippen molar-refractivity contribution in [3.63, 3.8) is 0 Å². The fraction of sp³-hybridized carbons (Fsp3) is 0.500. The van der Waals surface area contributed by atoms with E-state index < -0.39 is 12.0 Å². The lowest BCUT2D eigenvalue weighted by Crippen LogP contribution is -2.43. The molecule has 1 aromatic rings.